The summed E-state index contributed by atoms with van der Waals surface area (Å²) in [5, 5.41) is 3.20. The van der Waals surface area contributed by atoms with Crippen LogP contribution in [-0.2, 0) is 9.53 Å². The average Bonchev–Trinajstić information content (AvgIpc) is 2.35. The predicted molar refractivity (Wildman–Crippen MR) is 70.8 cm³/mol. The fraction of sp³-hybridized carbons (Fsp3) is 0.214. The molecule has 0 bridgehead atoms. The maximum absolute atomic E-state index is 11.2. The molecule has 1 rings (SSSR count). The first-order valence-electron chi connectivity index (χ1n) is 5.56. The summed E-state index contributed by atoms with van der Waals surface area (Å²) in [4.78, 5) is 11.2. The highest BCUT2D eigenvalue weighted by molar-refractivity contribution is 5.88. The molecule has 0 aliphatic heterocycles. The molecule has 0 saturated carbocycles. The molecule has 0 fully saturated rings. The van der Waals surface area contributed by atoms with Gasteiger partial charge in [0, 0.05) is 18.3 Å². The number of rotatable bonds is 6. The summed E-state index contributed by atoms with van der Waals surface area (Å²) in [6.07, 6.45) is 4.95. The average molecular weight is 231 g/mol. The van der Waals surface area contributed by atoms with Gasteiger partial charge in [-0.05, 0) is 24.6 Å². The van der Waals surface area contributed by atoms with Crippen LogP contribution >= 0.6 is 0 Å². The van der Waals surface area contributed by atoms with E-state index in [9.17, 15) is 4.79 Å². The van der Waals surface area contributed by atoms with Crippen LogP contribution in [0, 0.1) is 0 Å². The number of ether oxygens (including phenoxy) is 1. The Bertz CT molecular complexity index is 410. The Morgan fingerprint density at radius 2 is 2.24 bits per heavy atom. The van der Waals surface area contributed by atoms with Crippen molar-refractivity contribution in [3.05, 3.63) is 48.6 Å². The quantitative estimate of drug-likeness (QED) is 0.465. The number of anilines is 1. The molecule has 0 aliphatic carbocycles. The molecule has 0 heterocycles. The third-order valence-electron chi connectivity index (χ3n) is 2.08. The summed E-state index contributed by atoms with van der Waals surface area (Å²) in [7, 11) is 0. The fourth-order valence-electron chi connectivity index (χ4n) is 1.33. The Morgan fingerprint density at radius 1 is 1.47 bits per heavy atom. The van der Waals surface area contributed by atoms with Crippen molar-refractivity contribution in [2.24, 2.45) is 0 Å². The zero-order chi connectivity index (χ0) is 12.5. The molecule has 1 aromatic carbocycles. The van der Waals surface area contributed by atoms with Crippen molar-refractivity contribution in [2.45, 2.75) is 6.92 Å². The van der Waals surface area contributed by atoms with Gasteiger partial charge in [0.05, 0.1) is 6.61 Å². The van der Waals surface area contributed by atoms with Crippen molar-refractivity contribution in [3.63, 3.8) is 0 Å². The lowest BCUT2D eigenvalue weighted by Crippen LogP contribution is -2.01. The molecule has 0 atom stereocenters. The van der Waals surface area contributed by atoms with E-state index in [1.807, 2.05) is 24.3 Å². The Labute approximate surface area is 102 Å². The van der Waals surface area contributed by atoms with Crippen LogP contribution in [0.2, 0.25) is 0 Å². The van der Waals surface area contributed by atoms with Gasteiger partial charge in [0.1, 0.15) is 0 Å². The van der Waals surface area contributed by atoms with Gasteiger partial charge in [0.15, 0.2) is 0 Å². The van der Waals surface area contributed by atoms with Gasteiger partial charge in [0.25, 0.3) is 0 Å². The zero-order valence-electron chi connectivity index (χ0n) is 9.98. The van der Waals surface area contributed by atoms with Crippen molar-refractivity contribution in [1.82, 2.24) is 0 Å². The van der Waals surface area contributed by atoms with E-state index in [0.29, 0.717) is 13.2 Å². The third kappa shape index (κ3) is 4.55. The lowest BCUT2D eigenvalue weighted by atomic mass is 10.1. The van der Waals surface area contributed by atoms with Crippen LogP contribution in [0.3, 0.4) is 0 Å². The van der Waals surface area contributed by atoms with Crippen LogP contribution in [0.1, 0.15) is 12.5 Å². The summed E-state index contributed by atoms with van der Waals surface area (Å²) in [5.41, 5.74) is 1.91. The molecule has 3 heteroatoms. The largest absolute Gasteiger partial charge is 0.463 e. The van der Waals surface area contributed by atoms with Crippen LogP contribution in [0.15, 0.2) is 43.0 Å². The normalized spacial score (nSPS) is 10.2. The van der Waals surface area contributed by atoms with Crippen molar-refractivity contribution < 1.29 is 9.53 Å². The fourth-order valence-corrected chi connectivity index (χ4v) is 1.33. The second kappa shape index (κ2) is 7.28. The minimum Gasteiger partial charge on any atom is -0.463 e. The lowest BCUT2D eigenvalue weighted by molar-refractivity contribution is -0.137. The molecular weight excluding hydrogens is 214 g/mol. The van der Waals surface area contributed by atoms with Gasteiger partial charge in [-0.2, -0.15) is 0 Å². The van der Waals surface area contributed by atoms with E-state index in [0.717, 1.165) is 11.3 Å². The lowest BCUT2D eigenvalue weighted by Gasteiger charge is -2.06. The highest BCUT2D eigenvalue weighted by Gasteiger charge is 1.98. The Hall–Kier alpha value is -2.03. The Morgan fingerprint density at radius 3 is 2.94 bits per heavy atom. The van der Waals surface area contributed by atoms with E-state index >= 15 is 0 Å². The summed E-state index contributed by atoms with van der Waals surface area (Å²) in [6.45, 7) is 6.51. The number of carbonyl (C=O) groups excluding carboxylic acids is 1. The van der Waals surface area contributed by atoms with E-state index in [-0.39, 0.29) is 5.97 Å². The van der Waals surface area contributed by atoms with Gasteiger partial charge in [-0.15, -0.1) is 6.58 Å². The topological polar surface area (TPSA) is 38.3 Å². The predicted octanol–water partition coefficient (Wildman–Crippen LogP) is 2.86. The third-order valence-corrected chi connectivity index (χ3v) is 2.08. The maximum Gasteiger partial charge on any atom is 0.330 e. The number of hydrogen-bond donors (Lipinski definition) is 1. The first-order valence-corrected chi connectivity index (χ1v) is 5.56. The monoisotopic (exact) mass is 231 g/mol. The molecule has 0 unspecified atom stereocenters. The molecule has 90 valence electrons. The summed E-state index contributed by atoms with van der Waals surface area (Å²) < 4.78 is 4.82. The molecule has 3 nitrogen and oxygen atoms in total. The Kier molecular flexibility index (Phi) is 5.58. The first kappa shape index (κ1) is 13.0. The van der Waals surface area contributed by atoms with Crippen LogP contribution in [-0.4, -0.2) is 19.1 Å². The molecule has 1 aromatic rings. The van der Waals surface area contributed by atoms with E-state index in [1.165, 1.54) is 6.08 Å². The second-order valence-electron chi connectivity index (χ2n) is 3.34. The van der Waals surface area contributed by atoms with Crippen LogP contribution in [0.25, 0.3) is 6.08 Å². The highest BCUT2D eigenvalue weighted by Crippen LogP contribution is 2.16. The van der Waals surface area contributed by atoms with Gasteiger partial charge in [-0.3, -0.25) is 0 Å². The number of para-hydroxylation sites is 1. The Balaban J connectivity index is 2.75. The van der Waals surface area contributed by atoms with E-state index < -0.39 is 0 Å². The van der Waals surface area contributed by atoms with Crippen molar-refractivity contribution in [2.75, 3.05) is 18.5 Å². The standard InChI is InChI=1S/C14H17NO2/c1-3-11-15-13-8-6-5-7-12(13)9-10-14(16)17-4-2/h3,5-10,15H,1,4,11H2,2H3. The number of nitrogens with one attached hydrogen (secondary N) is 1. The van der Waals surface area contributed by atoms with Gasteiger partial charge in [-0.1, -0.05) is 24.3 Å². The molecule has 0 amide bonds. The van der Waals surface area contributed by atoms with Gasteiger partial charge < -0.3 is 10.1 Å². The molecule has 17 heavy (non-hydrogen) atoms. The van der Waals surface area contributed by atoms with Crippen molar-refractivity contribution in [3.8, 4) is 0 Å². The molecule has 0 aromatic heterocycles. The summed E-state index contributed by atoms with van der Waals surface area (Å²) >= 11 is 0. The molecule has 0 aliphatic rings. The highest BCUT2D eigenvalue weighted by atomic mass is 16.5. The minimum atomic E-state index is -0.328. The molecular formula is C14H17NO2. The van der Waals surface area contributed by atoms with Gasteiger partial charge >= 0.3 is 5.97 Å². The molecule has 0 spiro atoms. The summed E-state index contributed by atoms with van der Waals surface area (Å²) in [6, 6.07) is 7.74. The minimum absolute atomic E-state index is 0.328. The van der Waals surface area contributed by atoms with E-state index in [2.05, 4.69) is 11.9 Å². The second-order valence-corrected chi connectivity index (χ2v) is 3.34. The van der Waals surface area contributed by atoms with Crippen LogP contribution in [0.4, 0.5) is 5.69 Å². The maximum atomic E-state index is 11.2. The molecule has 1 N–H and O–H groups in total. The SMILES string of the molecule is C=CCNc1ccccc1C=CC(=O)OCC. The van der Waals surface area contributed by atoms with Crippen LogP contribution in [0.5, 0.6) is 0 Å². The zero-order valence-corrected chi connectivity index (χ0v) is 9.98. The number of esters is 1. The first-order chi connectivity index (χ1) is 8.27. The molecule has 0 radical (unpaired) electrons. The van der Waals surface area contributed by atoms with Crippen LogP contribution < -0.4 is 5.32 Å². The van der Waals surface area contributed by atoms with Crippen molar-refractivity contribution in [1.29, 1.82) is 0 Å². The number of hydrogen-bond acceptors (Lipinski definition) is 3. The van der Waals surface area contributed by atoms with Gasteiger partial charge in [-0.25, -0.2) is 4.79 Å². The smallest absolute Gasteiger partial charge is 0.330 e. The number of benzene rings is 1. The summed E-state index contributed by atoms with van der Waals surface area (Å²) in [5.74, 6) is -0.328. The van der Waals surface area contributed by atoms with Crippen molar-refractivity contribution >= 4 is 17.7 Å². The van der Waals surface area contributed by atoms with E-state index in [4.69, 9.17) is 4.74 Å². The van der Waals surface area contributed by atoms with E-state index in [1.54, 1.807) is 19.1 Å². The van der Waals surface area contributed by atoms with Gasteiger partial charge in [0.2, 0.25) is 0 Å². The number of carbonyl (C=O) groups is 1. The molecule has 0 saturated heterocycles.